The van der Waals surface area contributed by atoms with Gasteiger partial charge in [0.2, 0.25) is 0 Å². The van der Waals surface area contributed by atoms with Gasteiger partial charge in [0.05, 0.1) is 12.2 Å². The number of rotatable bonds is 0. The van der Waals surface area contributed by atoms with E-state index in [9.17, 15) is 10.2 Å². The molecule has 1 rings (SSSR count). The maximum atomic E-state index is 9.45. The van der Waals surface area contributed by atoms with E-state index in [-0.39, 0.29) is 0 Å². The highest BCUT2D eigenvalue weighted by atomic mass is 16.3. The van der Waals surface area contributed by atoms with Crippen molar-refractivity contribution in [2.24, 2.45) is 0 Å². The van der Waals surface area contributed by atoms with Gasteiger partial charge in [-0.15, -0.1) is 0 Å². The van der Waals surface area contributed by atoms with Crippen LogP contribution in [0.5, 0.6) is 0 Å². The summed E-state index contributed by atoms with van der Waals surface area (Å²) in [5, 5.41) is 18.9. The number of hydrogen-bond donors (Lipinski definition) is 2. The van der Waals surface area contributed by atoms with Crippen molar-refractivity contribution in [2.75, 3.05) is 0 Å². The zero-order valence-corrected chi connectivity index (χ0v) is 7.71. The van der Waals surface area contributed by atoms with Crippen LogP contribution in [-0.2, 0) is 0 Å². The zero-order chi connectivity index (χ0) is 8.81. The molecule has 72 valence electrons. The Balaban J connectivity index is 2.26. The molecule has 0 heterocycles. The highest BCUT2D eigenvalue weighted by molar-refractivity contribution is 4.68. The summed E-state index contributed by atoms with van der Waals surface area (Å²) in [6, 6.07) is 0. The summed E-state index contributed by atoms with van der Waals surface area (Å²) in [6.07, 6.45) is 7.77. The highest BCUT2D eigenvalue weighted by Crippen LogP contribution is 2.17. The average Bonchev–Trinajstić information content (AvgIpc) is 2.08. The SMILES string of the molecule is OC1CCCCCCCCC1O. The molecule has 0 aromatic rings. The molecular weight excluding hydrogens is 152 g/mol. The van der Waals surface area contributed by atoms with E-state index in [1.165, 1.54) is 25.7 Å². The van der Waals surface area contributed by atoms with Gasteiger partial charge >= 0.3 is 0 Å². The summed E-state index contributed by atoms with van der Waals surface area (Å²) in [7, 11) is 0. The van der Waals surface area contributed by atoms with Gasteiger partial charge in [-0.2, -0.15) is 0 Å². The fraction of sp³-hybridized carbons (Fsp3) is 1.00. The Morgan fingerprint density at radius 2 is 0.917 bits per heavy atom. The standard InChI is InChI=1S/C10H20O2/c11-9-7-5-3-1-2-4-6-8-10(9)12/h9-12H,1-8H2. The van der Waals surface area contributed by atoms with E-state index in [1.807, 2.05) is 0 Å². The van der Waals surface area contributed by atoms with E-state index >= 15 is 0 Å². The van der Waals surface area contributed by atoms with E-state index in [0.29, 0.717) is 0 Å². The molecule has 1 saturated carbocycles. The van der Waals surface area contributed by atoms with E-state index in [4.69, 9.17) is 0 Å². The first-order chi connectivity index (χ1) is 5.80. The van der Waals surface area contributed by atoms with E-state index in [2.05, 4.69) is 0 Å². The summed E-state index contributed by atoms with van der Waals surface area (Å²) >= 11 is 0. The molecule has 2 N–H and O–H groups in total. The van der Waals surface area contributed by atoms with E-state index in [1.54, 1.807) is 0 Å². The summed E-state index contributed by atoms with van der Waals surface area (Å²) in [5.41, 5.74) is 0. The predicted molar refractivity (Wildman–Crippen MR) is 48.9 cm³/mol. The van der Waals surface area contributed by atoms with Crippen molar-refractivity contribution in [1.82, 2.24) is 0 Å². The third-order valence-corrected chi connectivity index (χ3v) is 2.69. The van der Waals surface area contributed by atoms with Crippen LogP contribution >= 0.6 is 0 Å². The molecule has 2 nitrogen and oxygen atoms in total. The summed E-state index contributed by atoms with van der Waals surface area (Å²) < 4.78 is 0. The van der Waals surface area contributed by atoms with Crippen LogP contribution in [0.15, 0.2) is 0 Å². The van der Waals surface area contributed by atoms with Gasteiger partial charge in [0.1, 0.15) is 0 Å². The molecule has 0 aromatic carbocycles. The molecule has 0 bridgehead atoms. The number of hydrogen-bond acceptors (Lipinski definition) is 2. The van der Waals surface area contributed by atoms with Crippen molar-refractivity contribution in [3.63, 3.8) is 0 Å². The van der Waals surface area contributed by atoms with E-state index < -0.39 is 12.2 Å². The van der Waals surface area contributed by atoms with Crippen LogP contribution in [0.3, 0.4) is 0 Å². The van der Waals surface area contributed by atoms with Crippen LogP contribution in [-0.4, -0.2) is 22.4 Å². The average molecular weight is 172 g/mol. The fourth-order valence-electron chi connectivity index (χ4n) is 1.80. The molecule has 1 aliphatic rings. The van der Waals surface area contributed by atoms with E-state index in [0.717, 1.165) is 25.7 Å². The van der Waals surface area contributed by atoms with Crippen molar-refractivity contribution in [3.05, 3.63) is 0 Å². The third-order valence-electron chi connectivity index (χ3n) is 2.69. The summed E-state index contributed by atoms with van der Waals surface area (Å²) in [6.45, 7) is 0. The maximum absolute atomic E-state index is 9.45. The zero-order valence-electron chi connectivity index (χ0n) is 7.71. The molecule has 12 heavy (non-hydrogen) atoms. The van der Waals surface area contributed by atoms with Crippen LogP contribution in [0.1, 0.15) is 51.4 Å². The Morgan fingerprint density at radius 3 is 1.33 bits per heavy atom. The second-order valence-corrected chi connectivity index (χ2v) is 3.83. The monoisotopic (exact) mass is 172 g/mol. The fourth-order valence-corrected chi connectivity index (χ4v) is 1.80. The lowest BCUT2D eigenvalue weighted by Crippen LogP contribution is -2.25. The topological polar surface area (TPSA) is 40.5 Å². The Labute approximate surface area is 74.6 Å². The van der Waals surface area contributed by atoms with Gasteiger partial charge in [0, 0.05) is 0 Å². The molecule has 0 saturated heterocycles. The van der Waals surface area contributed by atoms with Crippen molar-refractivity contribution >= 4 is 0 Å². The molecule has 0 aliphatic heterocycles. The normalized spacial score (nSPS) is 34.5. The van der Waals surface area contributed by atoms with Crippen molar-refractivity contribution in [3.8, 4) is 0 Å². The smallest absolute Gasteiger partial charge is 0.0799 e. The Morgan fingerprint density at radius 1 is 0.583 bits per heavy atom. The first-order valence-electron chi connectivity index (χ1n) is 5.17. The van der Waals surface area contributed by atoms with Crippen LogP contribution in [0, 0.1) is 0 Å². The van der Waals surface area contributed by atoms with Crippen LogP contribution in [0.2, 0.25) is 0 Å². The molecular formula is C10H20O2. The minimum absolute atomic E-state index is 0.469. The van der Waals surface area contributed by atoms with Gasteiger partial charge in [-0.1, -0.05) is 38.5 Å². The van der Waals surface area contributed by atoms with Crippen molar-refractivity contribution in [1.29, 1.82) is 0 Å². The minimum Gasteiger partial charge on any atom is -0.390 e. The van der Waals surface area contributed by atoms with Crippen molar-refractivity contribution in [2.45, 2.75) is 63.6 Å². The molecule has 2 unspecified atom stereocenters. The summed E-state index contributed by atoms with van der Waals surface area (Å²) in [5.74, 6) is 0. The van der Waals surface area contributed by atoms with Crippen LogP contribution in [0.4, 0.5) is 0 Å². The molecule has 2 atom stereocenters. The molecule has 2 heteroatoms. The molecule has 0 spiro atoms. The second kappa shape index (κ2) is 5.55. The quantitative estimate of drug-likeness (QED) is 0.585. The lowest BCUT2D eigenvalue weighted by atomic mass is 9.97. The maximum Gasteiger partial charge on any atom is 0.0799 e. The number of aliphatic hydroxyl groups excluding tert-OH is 2. The molecule has 0 aromatic heterocycles. The first-order valence-corrected chi connectivity index (χ1v) is 5.17. The molecule has 1 fully saturated rings. The highest BCUT2D eigenvalue weighted by Gasteiger charge is 2.15. The molecule has 0 amide bonds. The molecule has 0 radical (unpaired) electrons. The lowest BCUT2D eigenvalue weighted by Gasteiger charge is -2.18. The lowest BCUT2D eigenvalue weighted by molar-refractivity contribution is 0.00608. The van der Waals surface area contributed by atoms with Gasteiger partial charge in [0.25, 0.3) is 0 Å². The Hall–Kier alpha value is -0.0800. The predicted octanol–water partition coefficient (Wildman–Crippen LogP) is 1.84. The Kier molecular flexibility index (Phi) is 4.62. The van der Waals surface area contributed by atoms with Crippen LogP contribution in [0.25, 0.3) is 0 Å². The largest absolute Gasteiger partial charge is 0.390 e. The summed E-state index contributed by atoms with van der Waals surface area (Å²) in [4.78, 5) is 0. The number of aliphatic hydroxyl groups is 2. The van der Waals surface area contributed by atoms with Gasteiger partial charge in [0.15, 0.2) is 0 Å². The second-order valence-electron chi connectivity index (χ2n) is 3.83. The van der Waals surface area contributed by atoms with Crippen LogP contribution < -0.4 is 0 Å². The van der Waals surface area contributed by atoms with Gasteiger partial charge < -0.3 is 10.2 Å². The Bertz CT molecular complexity index is 100. The van der Waals surface area contributed by atoms with Gasteiger partial charge in [-0.3, -0.25) is 0 Å². The molecule has 1 aliphatic carbocycles. The third kappa shape index (κ3) is 3.55. The first kappa shape index (κ1) is 10.0. The van der Waals surface area contributed by atoms with Gasteiger partial charge in [-0.05, 0) is 12.8 Å². The minimum atomic E-state index is -0.469. The van der Waals surface area contributed by atoms with Gasteiger partial charge in [-0.25, -0.2) is 0 Å². The van der Waals surface area contributed by atoms with Crippen molar-refractivity contribution < 1.29 is 10.2 Å².